The summed E-state index contributed by atoms with van der Waals surface area (Å²) in [6.07, 6.45) is 1.46. The van der Waals surface area contributed by atoms with E-state index in [2.05, 4.69) is 22.9 Å². The Balaban J connectivity index is 2.28. The molecule has 0 atom stereocenters. The van der Waals surface area contributed by atoms with E-state index in [9.17, 15) is 4.79 Å². The van der Waals surface area contributed by atoms with E-state index >= 15 is 0 Å². The summed E-state index contributed by atoms with van der Waals surface area (Å²) in [6, 6.07) is 6.00. The van der Waals surface area contributed by atoms with Gasteiger partial charge in [0.15, 0.2) is 0 Å². The van der Waals surface area contributed by atoms with Crippen LogP contribution in [-0.4, -0.2) is 37.8 Å². The maximum Gasteiger partial charge on any atom is 0.409 e. The fourth-order valence-corrected chi connectivity index (χ4v) is 2.37. The van der Waals surface area contributed by atoms with Crippen molar-refractivity contribution < 1.29 is 14.3 Å². The number of ether oxygens (including phenoxy) is 2. The third kappa shape index (κ3) is 6.69. The quantitative estimate of drug-likeness (QED) is 0.631. The molecule has 5 heteroatoms. The SMILES string of the molecule is CCc1cc(OCCCN(C)C(=O)OCC(C)C)ccc1Br. The smallest absolute Gasteiger partial charge is 0.409 e. The van der Waals surface area contributed by atoms with Crippen molar-refractivity contribution in [3.05, 3.63) is 28.2 Å². The van der Waals surface area contributed by atoms with Crippen molar-refractivity contribution in [3.63, 3.8) is 0 Å². The molecule has 0 fully saturated rings. The third-order valence-corrected chi connectivity index (χ3v) is 3.93. The Labute approximate surface area is 141 Å². The number of carbonyl (C=O) groups excluding carboxylic acids is 1. The van der Waals surface area contributed by atoms with Crippen LogP contribution in [0, 0.1) is 5.92 Å². The number of halogens is 1. The summed E-state index contributed by atoms with van der Waals surface area (Å²) in [5.41, 5.74) is 1.23. The van der Waals surface area contributed by atoms with Crippen molar-refractivity contribution in [2.75, 3.05) is 26.8 Å². The average molecular weight is 372 g/mol. The highest BCUT2D eigenvalue weighted by atomic mass is 79.9. The first-order chi connectivity index (χ1) is 10.4. The molecule has 0 bridgehead atoms. The van der Waals surface area contributed by atoms with Crippen LogP contribution in [0.5, 0.6) is 5.75 Å². The highest BCUT2D eigenvalue weighted by molar-refractivity contribution is 9.10. The van der Waals surface area contributed by atoms with Gasteiger partial charge in [0.2, 0.25) is 0 Å². The molecule has 0 aliphatic carbocycles. The summed E-state index contributed by atoms with van der Waals surface area (Å²) in [5.74, 6) is 1.22. The minimum atomic E-state index is -0.273. The summed E-state index contributed by atoms with van der Waals surface area (Å²) >= 11 is 3.52. The van der Waals surface area contributed by atoms with Gasteiger partial charge in [-0.1, -0.05) is 36.7 Å². The van der Waals surface area contributed by atoms with Crippen molar-refractivity contribution in [2.45, 2.75) is 33.6 Å². The first-order valence-corrected chi connectivity index (χ1v) is 8.52. The Bertz CT molecular complexity index is 477. The predicted octanol–water partition coefficient (Wildman–Crippen LogP) is 4.50. The maximum atomic E-state index is 11.7. The number of hydrogen-bond acceptors (Lipinski definition) is 3. The van der Waals surface area contributed by atoms with E-state index in [-0.39, 0.29) is 6.09 Å². The van der Waals surface area contributed by atoms with Gasteiger partial charge in [-0.2, -0.15) is 0 Å². The number of benzene rings is 1. The first kappa shape index (κ1) is 18.8. The van der Waals surface area contributed by atoms with Crippen LogP contribution >= 0.6 is 15.9 Å². The molecule has 0 aliphatic heterocycles. The monoisotopic (exact) mass is 371 g/mol. The van der Waals surface area contributed by atoms with Gasteiger partial charge in [-0.25, -0.2) is 4.79 Å². The Morgan fingerprint density at radius 1 is 1.36 bits per heavy atom. The fraction of sp³-hybridized carbons (Fsp3) is 0.588. The number of rotatable bonds is 8. The first-order valence-electron chi connectivity index (χ1n) is 7.73. The van der Waals surface area contributed by atoms with Crippen LogP contribution in [0.25, 0.3) is 0 Å². The summed E-state index contributed by atoms with van der Waals surface area (Å²) in [5, 5.41) is 0. The van der Waals surface area contributed by atoms with Crippen molar-refractivity contribution in [1.29, 1.82) is 0 Å². The second-order valence-electron chi connectivity index (χ2n) is 5.70. The van der Waals surface area contributed by atoms with Gasteiger partial charge >= 0.3 is 6.09 Å². The molecule has 0 saturated carbocycles. The van der Waals surface area contributed by atoms with Crippen LogP contribution in [0.4, 0.5) is 4.79 Å². The van der Waals surface area contributed by atoms with Crippen LogP contribution in [0.15, 0.2) is 22.7 Å². The molecule has 0 aliphatic rings. The minimum Gasteiger partial charge on any atom is -0.494 e. The molecule has 1 aromatic rings. The molecular formula is C17H26BrNO3. The minimum absolute atomic E-state index is 0.273. The predicted molar refractivity (Wildman–Crippen MR) is 92.4 cm³/mol. The summed E-state index contributed by atoms with van der Waals surface area (Å²) in [7, 11) is 1.75. The van der Waals surface area contributed by atoms with Gasteiger partial charge in [0.05, 0.1) is 13.2 Å². The van der Waals surface area contributed by atoms with Gasteiger partial charge in [-0.15, -0.1) is 0 Å². The molecular weight excluding hydrogens is 346 g/mol. The van der Waals surface area contributed by atoms with Crippen LogP contribution in [-0.2, 0) is 11.2 Å². The zero-order valence-corrected chi connectivity index (χ0v) is 15.5. The highest BCUT2D eigenvalue weighted by Gasteiger charge is 2.10. The molecule has 0 heterocycles. The lowest BCUT2D eigenvalue weighted by Crippen LogP contribution is -2.30. The molecule has 0 aromatic heterocycles. The van der Waals surface area contributed by atoms with E-state index in [0.29, 0.717) is 25.7 Å². The Kier molecular flexibility index (Phi) is 8.31. The maximum absolute atomic E-state index is 11.7. The van der Waals surface area contributed by atoms with E-state index in [0.717, 1.165) is 23.1 Å². The van der Waals surface area contributed by atoms with Gasteiger partial charge in [-0.05, 0) is 42.5 Å². The Hall–Kier alpha value is -1.23. The largest absolute Gasteiger partial charge is 0.494 e. The van der Waals surface area contributed by atoms with Crippen molar-refractivity contribution in [2.24, 2.45) is 5.92 Å². The standard InChI is InChI=1S/C17H26BrNO3/c1-5-14-11-15(7-8-16(14)18)21-10-6-9-19(4)17(20)22-12-13(2)3/h7-8,11,13H,5-6,9-10,12H2,1-4H3. The number of hydrogen-bond donors (Lipinski definition) is 0. The van der Waals surface area contributed by atoms with Crippen LogP contribution in [0.2, 0.25) is 0 Å². The summed E-state index contributed by atoms with van der Waals surface area (Å²) in [6.45, 7) is 7.80. The van der Waals surface area contributed by atoms with E-state index in [1.807, 2.05) is 32.0 Å². The lowest BCUT2D eigenvalue weighted by Gasteiger charge is -2.18. The molecule has 0 unspecified atom stereocenters. The lowest BCUT2D eigenvalue weighted by molar-refractivity contribution is 0.0983. The molecule has 0 saturated heterocycles. The van der Waals surface area contributed by atoms with E-state index in [4.69, 9.17) is 9.47 Å². The second-order valence-corrected chi connectivity index (χ2v) is 6.56. The van der Waals surface area contributed by atoms with Gasteiger partial charge in [0.1, 0.15) is 5.75 Å². The molecule has 124 valence electrons. The number of nitrogens with zero attached hydrogens (tertiary/aromatic N) is 1. The van der Waals surface area contributed by atoms with Gasteiger partial charge in [0, 0.05) is 18.1 Å². The average Bonchev–Trinajstić information content (AvgIpc) is 2.50. The summed E-state index contributed by atoms with van der Waals surface area (Å²) in [4.78, 5) is 13.3. The summed E-state index contributed by atoms with van der Waals surface area (Å²) < 4.78 is 12.0. The second kappa shape index (κ2) is 9.72. The topological polar surface area (TPSA) is 38.8 Å². The molecule has 0 N–H and O–H groups in total. The number of carbonyl (C=O) groups is 1. The fourth-order valence-electron chi connectivity index (χ4n) is 1.84. The zero-order valence-electron chi connectivity index (χ0n) is 13.9. The zero-order chi connectivity index (χ0) is 16.5. The Morgan fingerprint density at radius 3 is 2.73 bits per heavy atom. The van der Waals surface area contributed by atoms with E-state index in [1.54, 1.807) is 11.9 Å². The molecule has 0 spiro atoms. The van der Waals surface area contributed by atoms with Crippen LogP contribution < -0.4 is 4.74 Å². The molecule has 0 radical (unpaired) electrons. The normalized spacial score (nSPS) is 10.6. The van der Waals surface area contributed by atoms with Crippen molar-refractivity contribution in [3.8, 4) is 5.75 Å². The van der Waals surface area contributed by atoms with Crippen LogP contribution in [0.3, 0.4) is 0 Å². The molecule has 1 amide bonds. The third-order valence-electron chi connectivity index (χ3n) is 3.16. The molecule has 1 rings (SSSR count). The van der Waals surface area contributed by atoms with Gasteiger partial charge in [0.25, 0.3) is 0 Å². The molecule has 4 nitrogen and oxygen atoms in total. The highest BCUT2D eigenvalue weighted by Crippen LogP contribution is 2.23. The number of aryl methyl sites for hydroxylation is 1. The van der Waals surface area contributed by atoms with Crippen molar-refractivity contribution >= 4 is 22.0 Å². The van der Waals surface area contributed by atoms with Gasteiger partial charge < -0.3 is 14.4 Å². The van der Waals surface area contributed by atoms with Crippen molar-refractivity contribution in [1.82, 2.24) is 4.90 Å². The van der Waals surface area contributed by atoms with E-state index in [1.165, 1.54) is 5.56 Å². The lowest BCUT2D eigenvalue weighted by atomic mass is 10.2. The van der Waals surface area contributed by atoms with Gasteiger partial charge in [-0.3, -0.25) is 0 Å². The Morgan fingerprint density at radius 2 is 2.09 bits per heavy atom. The molecule has 22 heavy (non-hydrogen) atoms. The van der Waals surface area contributed by atoms with E-state index < -0.39 is 0 Å². The molecule has 1 aromatic carbocycles. The van der Waals surface area contributed by atoms with Crippen LogP contribution in [0.1, 0.15) is 32.8 Å². The number of amides is 1.